The molecule has 1 aromatic heterocycles. The normalized spacial score (nSPS) is 13.2. The predicted octanol–water partition coefficient (Wildman–Crippen LogP) is 1.92. The van der Waals surface area contributed by atoms with E-state index >= 15 is 0 Å². The van der Waals surface area contributed by atoms with Gasteiger partial charge < -0.3 is 14.8 Å². The maximum Gasteiger partial charge on any atom is 0.397 e. The largest absolute Gasteiger partial charge is 0.465 e. The molecule has 0 radical (unpaired) electrons. The summed E-state index contributed by atoms with van der Waals surface area (Å²) in [5, 5.41) is 2.84. The number of ether oxygens (including phenoxy) is 2. The van der Waals surface area contributed by atoms with E-state index in [4.69, 9.17) is 4.74 Å². The van der Waals surface area contributed by atoms with Crippen LogP contribution in [0.2, 0.25) is 0 Å². The highest BCUT2D eigenvalue weighted by atomic mass is 32.1. The van der Waals surface area contributed by atoms with Gasteiger partial charge in [-0.1, -0.05) is 0 Å². The first-order chi connectivity index (χ1) is 10.1. The number of anilines is 1. The molecule has 0 saturated heterocycles. The number of carbonyl (C=O) groups excluding carboxylic acids is 3. The number of nitrogens with one attached hydrogen (secondary N) is 1. The Hall–Kier alpha value is -1.89. The summed E-state index contributed by atoms with van der Waals surface area (Å²) in [6.07, 6.45) is 3.71. The van der Waals surface area contributed by atoms with Crippen LogP contribution in [0.25, 0.3) is 0 Å². The van der Waals surface area contributed by atoms with Crippen LogP contribution in [0.4, 0.5) is 5.00 Å². The van der Waals surface area contributed by atoms with Crippen molar-refractivity contribution in [2.75, 3.05) is 19.0 Å². The quantitative estimate of drug-likeness (QED) is 0.681. The van der Waals surface area contributed by atoms with Crippen LogP contribution in [-0.4, -0.2) is 31.6 Å². The van der Waals surface area contributed by atoms with Crippen molar-refractivity contribution in [1.29, 1.82) is 0 Å². The third-order valence-corrected chi connectivity index (χ3v) is 4.46. The molecule has 1 amide bonds. The number of carbonyl (C=O) groups is 3. The highest BCUT2D eigenvalue weighted by Gasteiger charge is 2.28. The van der Waals surface area contributed by atoms with Crippen LogP contribution in [0.3, 0.4) is 0 Å². The lowest BCUT2D eigenvalue weighted by Gasteiger charge is -2.11. The minimum Gasteiger partial charge on any atom is -0.465 e. The molecule has 1 aliphatic carbocycles. The van der Waals surface area contributed by atoms with Crippen molar-refractivity contribution in [3.05, 3.63) is 16.0 Å². The first-order valence-electron chi connectivity index (χ1n) is 6.79. The van der Waals surface area contributed by atoms with E-state index in [1.54, 1.807) is 6.92 Å². The smallest absolute Gasteiger partial charge is 0.397 e. The molecular weight excluding hydrogens is 294 g/mol. The summed E-state index contributed by atoms with van der Waals surface area (Å²) in [4.78, 5) is 36.2. The molecule has 2 rings (SSSR count). The number of hydrogen-bond acceptors (Lipinski definition) is 6. The SMILES string of the molecule is CCOC(=O)C(=O)Nc1sc2c(c1C(=O)OC)CCCC2. The second-order valence-corrected chi connectivity index (χ2v) is 5.69. The Bertz CT molecular complexity index is 578. The molecule has 7 heteroatoms. The van der Waals surface area contributed by atoms with Gasteiger partial charge in [0.15, 0.2) is 0 Å². The molecule has 1 aromatic rings. The van der Waals surface area contributed by atoms with Crippen molar-refractivity contribution in [2.45, 2.75) is 32.6 Å². The monoisotopic (exact) mass is 311 g/mol. The van der Waals surface area contributed by atoms with Crippen molar-refractivity contribution in [1.82, 2.24) is 0 Å². The Balaban J connectivity index is 2.30. The summed E-state index contributed by atoms with van der Waals surface area (Å²) >= 11 is 1.33. The molecule has 21 heavy (non-hydrogen) atoms. The van der Waals surface area contributed by atoms with Gasteiger partial charge in [0, 0.05) is 4.88 Å². The van der Waals surface area contributed by atoms with Gasteiger partial charge in [0.25, 0.3) is 0 Å². The third kappa shape index (κ3) is 3.24. The number of aryl methyl sites for hydroxylation is 1. The maximum absolute atomic E-state index is 12.0. The summed E-state index contributed by atoms with van der Waals surface area (Å²) in [5.74, 6) is -2.33. The van der Waals surface area contributed by atoms with Gasteiger partial charge in [0.05, 0.1) is 19.3 Å². The van der Waals surface area contributed by atoms with Gasteiger partial charge >= 0.3 is 17.8 Å². The number of thiophene rings is 1. The van der Waals surface area contributed by atoms with Gasteiger partial charge in [-0.15, -0.1) is 11.3 Å². The summed E-state index contributed by atoms with van der Waals surface area (Å²) in [6, 6.07) is 0. The molecule has 0 aromatic carbocycles. The number of amides is 1. The topological polar surface area (TPSA) is 81.7 Å². The number of methoxy groups -OCH3 is 1. The molecule has 1 N–H and O–H groups in total. The fraction of sp³-hybridized carbons (Fsp3) is 0.500. The second kappa shape index (κ2) is 6.71. The predicted molar refractivity (Wildman–Crippen MR) is 77.6 cm³/mol. The van der Waals surface area contributed by atoms with Crippen molar-refractivity contribution in [3.63, 3.8) is 0 Å². The Morgan fingerprint density at radius 2 is 1.95 bits per heavy atom. The van der Waals surface area contributed by atoms with E-state index in [0.717, 1.165) is 36.1 Å². The van der Waals surface area contributed by atoms with Gasteiger partial charge in [-0.2, -0.15) is 0 Å². The molecule has 1 aliphatic rings. The van der Waals surface area contributed by atoms with Crippen molar-refractivity contribution >= 4 is 34.2 Å². The zero-order chi connectivity index (χ0) is 15.4. The first kappa shape index (κ1) is 15.5. The standard InChI is InChI=1S/C14H17NO5S/c1-3-20-14(18)11(16)15-12-10(13(17)19-2)8-6-4-5-7-9(8)21-12/h3-7H2,1-2H3,(H,15,16). The van der Waals surface area contributed by atoms with Crippen LogP contribution in [-0.2, 0) is 31.9 Å². The molecule has 0 saturated carbocycles. The molecule has 0 atom stereocenters. The maximum atomic E-state index is 12.0. The summed E-state index contributed by atoms with van der Waals surface area (Å²) in [5.41, 5.74) is 1.30. The lowest BCUT2D eigenvalue weighted by Crippen LogP contribution is -2.25. The number of fused-ring (bicyclic) bond motifs is 1. The fourth-order valence-electron chi connectivity index (χ4n) is 2.32. The lowest BCUT2D eigenvalue weighted by molar-refractivity contribution is -0.152. The van der Waals surface area contributed by atoms with Crippen LogP contribution in [0.1, 0.15) is 40.6 Å². The van der Waals surface area contributed by atoms with Crippen LogP contribution in [0, 0.1) is 0 Å². The Morgan fingerprint density at radius 1 is 1.24 bits per heavy atom. The van der Waals surface area contributed by atoms with Crippen LogP contribution in [0.5, 0.6) is 0 Å². The van der Waals surface area contributed by atoms with Crippen molar-refractivity contribution in [2.24, 2.45) is 0 Å². The van der Waals surface area contributed by atoms with E-state index in [0.29, 0.717) is 10.6 Å². The van der Waals surface area contributed by atoms with Crippen LogP contribution < -0.4 is 5.32 Å². The van der Waals surface area contributed by atoms with Crippen LogP contribution in [0.15, 0.2) is 0 Å². The lowest BCUT2D eigenvalue weighted by atomic mass is 9.95. The van der Waals surface area contributed by atoms with E-state index in [2.05, 4.69) is 10.1 Å². The van der Waals surface area contributed by atoms with E-state index in [1.165, 1.54) is 18.4 Å². The number of rotatable bonds is 3. The second-order valence-electron chi connectivity index (χ2n) is 4.58. The molecule has 1 heterocycles. The van der Waals surface area contributed by atoms with Gasteiger partial charge in [-0.3, -0.25) is 4.79 Å². The zero-order valence-corrected chi connectivity index (χ0v) is 12.8. The average Bonchev–Trinajstić information content (AvgIpc) is 2.84. The van der Waals surface area contributed by atoms with E-state index in [9.17, 15) is 14.4 Å². The van der Waals surface area contributed by atoms with Crippen molar-refractivity contribution in [3.8, 4) is 0 Å². The minimum absolute atomic E-state index is 0.122. The number of hydrogen-bond donors (Lipinski definition) is 1. The Kier molecular flexibility index (Phi) is 4.95. The van der Waals surface area contributed by atoms with E-state index in [-0.39, 0.29) is 6.61 Å². The van der Waals surface area contributed by atoms with Gasteiger partial charge in [-0.25, -0.2) is 9.59 Å². The molecule has 0 bridgehead atoms. The summed E-state index contributed by atoms with van der Waals surface area (Å²) < 4.78 is 9.43. The molecule has 0 unspecified atom stereocenters. The molecule has 114 valence electrons. The molecule has 0 spiro atoms. The molecular formula is C14H17NO5S. The Labute approximate surface area is 126 Å². The van der Waals surface area contributed by atoms with Crippen molar-refractivity contribution < 1.29 is 23.9 Å². The Morgan fingerprint density at radius 3 is 2.62 bits per heavy atom. The molecule has 0 fully saturated rings. The molecule has 0 aliphatic heterocycles. The third-order valence-electron chi connectivity index (χ3n) is 3.25. The van der Waals surface area contributed by atoms with E-state index < -0.39 is 17.8 Å². The first-order valence-corrected chi connectivity index (χ1v) is 7.61. The summed E-state index contributed by atoms with van der Waals surface area (Å²) in [7, 11) is 1.30. The molecule has 6 nitrogen and oxygen atoms in total. The van der Waals surface area contributed by atoms with Gasteiger partial charge in [0.2, 0.25) is 0 Å². The van der Waals surface area contributed by atoms with E-state index in [1.807, 2.05) is 0 Å². The fourth-order valence-corrected chi connectivity index (χ4v) is 3.60. The zero-order valence-electron chi connectivity index (χ0n) is 12.0. The highest BCUT2D eigenvalue weighted by molar-refractivity contribution is 7.17. The highest BCUT2D eigenvalue weighted by Crippen LogP contribution is 2.38. The summed E-state index contributed by atoms with van der Waals surface area (Å²) in [6.45, 7) is 1.74. The average molecular weight is 311 g/mol. The van der Waals surface area contributed by atoms with Gasteiger partial charge in [0.1, 0.15) is 5.00 Å². The van der Waals surface area contributed by atoms with Crippen LogP contribution >= 0.6 is 11.3 Å². The number of esters is 2. The van der Waals surface area contributed by atoms with Gasteiger partial charge in [-0.05, 0) is 38.2 Å². The minimum atomic E-state index is -0.959.